The van der Waals surface area contributed by atoms with Crippen molar-refractivity contribution >= 4 is 33.5 Å². The second-order valence-corrected chi connectivity index (χ2v) is 8.79. The third-order valence-electron chi connectivity index (χ3n) is 4.39. The molecule has 0 radical (unpaired) electrons. The summed E-state index contributed by atoms with van der Waals surface area (Å²) < 4.78 is 2.66. The van der Waals surface area contributed by atoms with Gasteiger partial charge in [-0.15, -0.1) is 0 Å². The largest absolute Gasteiger partial charge is 0.330 e. The smallest absolute Gasteiger partial charge is 0.324 e. The van der Waals surface area contributed by atoms with Crippen LogP contribution in [0, 0.1) is 0 Å². The molecule has 152 valence electrons. The van der Waals surface area contributed by atoms with Gasteiger partial charge in [-0.05, 0) is 48.9 Å². The van der Waals surface area contributed by atoms with Gasteiger partial charge in [0.2, 0.25) is 0 Å². The first kappa shape index (κ1) is 21.1. The zero-order valence-corrected chi connectivity index (χ0v) is 18.5. The quantitative estimate of drug-likeness (QED) is 0.501. The van der Waals surface area contributed by atoms with Crippen LogP contribution in [0.1, 0.15) is 32.0 Å². The molecule has 0 unspecified atom stereocenters. The van der Waals surface area contributed by atoms with Crippen molar-refractivity contribution in [1.82, 2.24) is 9.78 Å². The normalized spacial score (nSPS) is 11.3. The summed E-state index contributed by atoms with van der Waals surface area (Å²) in [7, 11) is 0. The van der Waals surface area contributed by atoms with Crippen LogP contribution in [0.25, 0.3) is 5.69 Å². The highest BCUT2D eigenvalue weighted by Crippen LogP contribution is 2.27. The van der Waals surface area contributed by atoms with E-state index in [9.17, 15) is 4.79 Å². The Labute approximate surface area is 179 Å². The lowest BCUT2D eigenvalue weighted by molar-refractivity contribution is 0.262. The molecule has 29 heavy (non-hydrogen) atoms. The Morgan fingerprint density at radius 1 is 1.10 bits per heavy atom. The number of hydrogen-bond donors (Lipinski definition) is 3. The van der Waals surface area contributed by atoms with Gasteiger partial charge in [0.15, 0.2) is 0 Å². The summed E-state index contributed by atoms with van der Waals surface area (Å²) in [6.45, 7) is 6.86. The van der Waals surface area contributed by atoms with Crippen molar-refractivity contribution in [3.05, 3.63) is 70.3 Å². The van der Waals surface area contributed by atoms with E-state index in [0.717, 1.165) is 27.8 Å². The van der Waals surface area contributed by atoms with Gasteiger partial charge in [-0.2, -0.15) is 5.10 Å². The predicted molar refractivity (Wildman–Crippen MR) is 122 cm³/mol. The maximum atomic E-state index is 12.6. The van der Waals surface area contributed by atoms with Gasteiger partial charge in [0, 0.05) is 21.6 Å². The maximum Gasteiger partial charge on any atom is 0.324 e. The first-order chi connectivity index (χ1) is 13.8. The van der Waals surface area contributed by atoms with Gasteiger partial charge in [0.25, 0.3) is 0 Å². The highest BCUT2D eigenvalue weighted by Gasteiger charge is 2.21. The summed E-state index contributed by atoms with van der Waals surface area (Å²) >= 11 is 3.41. The summed E-state index contributed by atoms with van der Waals surface area (Å²) in [5.41, 5.74) is 9.14. The molecule has 0 aliphatic rings. The third kappa shape index (κ3) is 5.46. The van der Waals surface area contributed by atoms with Crippen LogP contribution in [0.5, 0.6) is 0 Å². The van der Waals surface area contributed by atoms with Gasteiger partial charge in [-0.25, -0.2) is 9.48 Å². The second kappa shape index (κ2) is 8.80. The van der Waals surface area contributed by atoms with Gasteiger partial charge in [0.1, 0.15) is 5.82 Å². The van der Waals surface area contributed by atoms with E-state index >= 15 is 0 Å². The number of rotatable bonds is 5. The minimum Gasteiger partial charge on any atom is -0.330 e. The summed E-state index contributed by atoms with van der Waals surface area (Å²) in [4.78, 5) is 12.6. The number of nitrogens with zero attached hydrogens (tertiary/aromatic N) is 2. The average Bonchev–Trinajstić information content (AvgIpc) is 3.06. The van der Waals surface area contributed by atoms with Crippen LogP contribution in [0.4, 0.5) is 16.3 Å². The van der Waals surface area contributed by atoms with Gasteiger partial charge in [-0.1, -0.05) is 54.9 Å². The first-order valence-electron chi connectivity index (χ1n) is 9.50. The number of amides is 2. The molecule has 3 rings (SSSR count). The van der Waals surface area contributed by atoms with Crippen LogP contribution >= 0.6 is 15.9 Å². The van der Waals surface area contributed by atoms with Crippen molar-refractivity contribution < 1.29 is 4.79 Å². The minimum atomic E-state index is -0.331. The SMILES string of the molecule is CC(C)(C)c1cc(NC(=O)Nc2cccc(Br)c2)n(-c2cccc(CCN)c2)n1. The molecule has 3 aromatic rings. The Morgan fingerprint density at radius 3 is 2.55 bits per heavy atom. The Bertz CT molecular complexity index is 1010. The van der Waals surface area contributed by atoms with Crippen molar-refractivity contribution in [2.24, 2.45) is 5.73 Å². The highest BCUT2D eigenvalue weighted by molar-refractivity contribution is 9.10. The van der Waals surface area contributed by atoms with E-state index in [0.29, 0.717) is 18.1 Å². The number of aromatic nitrogens is 2. The maximum absolute atomic E-state index is 12.6. The lowest BCUT2D eigenvalue weighted by atomic mass is 9.92. The van der Waals surface area contributed by atoms with E-state index in [1.54, 1.807) is 4.68 Å². The summed E-state index contributed by atoms with van der Waals surface area (Å²) in [5.74, 6) is 0.604. The highest BCUT2D eigenvalue weighted by atomic mass is 79.9. The Hall–Kier alpha value is -2.64. The zero-order valence-electron chi connectivity index (χ0n) is 16.9. The van der Waals surface area contributed by atoms with E-state index in [2.05, 4.69) is 47.3 Å². The third-order valence-corrected chi connectivity index (χ3v) is 4.88. The molecule has 0 atom stereocenters. The summed E-state index contributed by atoms with van der Waals surface area (Å²) in [5, 5.41) is 10.5. The fraction of sp³-hybridized carbons (Fsp3) is 0.273. The number of benzene rings is 2. The number of anilines is 2. The molecule has 7 heteroatoms. The monoisotopic (exact) mass is 455 g/mol. The van der Waals surface area contributed by atoms with E-state index < -0.39 is 0 Å². The van der Waals surface area contributed by atoms with E-state index in [1.807, 2.05) is 54.6 Å². The summed E-state index contributed by atoms with van der Waals surface area (Å²) in [6.07, 6.45) is 0.785. The molecule has 0 aliphatic heterocycles. The standard InChI is InChI=1S/C22H26BrN5O/c1-22(2,3)19-14-20(26-21(29)25-17-8-5-7-16(23)13-17)28(27-19)18-9-4-6-15(12-18)10-11-24/h4-9,12-14H,10-11,24H2,1-3H3,(H2,25,26,29). The molecular weight excluding hydrogens is 430 g/mol. The van der Waals surface area contributed by atoms with Crippen molar-refractivity contribution in [3.63, 3.8) is 0 Å². The fourth-order valence-electron chi connectivity index (χ4n) is 2.89. The Morgan fingerprint density at radius 2 is 1.86 bits per heavy atom. The zero-order chi connectivity index (χ0) is 21.0. The van der Waals surface area contributed by atoms with E-state index in [4.69, 9.17) is 10.8 Å². The Kier molecular flexibility index (Phi) is 6.39. The van der Waals surface area contributed by atoms with Crippen LogP contribution in [0.2, 0.25) is 0 Å². The van der Waals surface area contributed by atoms with Crippen LogP contribution < -0.4 is 16.4 Å². The van der Waals surface area contributed by atoms with Gasteiger partial charge in [0.05, 0.1) is 11.4 Å². The Balaban J connectivity index is 1.91. The average molecular weight is 456 g/mol. The number of nitrogens with one attached hydrogen (secondary N) is 2. The number of carbonyl (C=O) groups excluding carboxylic acids is 1. The van der Waals surface area contributed by atoms with Crippen molar-refractivity contribution in [2.75, 3.05) is 17.2 Å². The lowest BCUT2D eigenvalue weighted by Gasteiger charge is -2.14. The number of hydrogen-bond acceptors (Lipinski definition) is 3. The molecule has 2 amide bonds. The van der Waals surface area contributed by atoms with Crippen LogP contribution in [-0.4, -0.2) is 22.4 Å². The molecule has 4 N–H and O–H groups in total. The first-order valence-corrected chi connectivity index (χ1v) is 10.3. The minimum absolute atomic E-state index is 0.155. The second-order valence-electron chi connectivity index (χ2n) is 7.87. The topological polar surface area (TPSA) is 85.0 Å². The van der Waals surface area contributed by atoms with Crippen molar-refractivity contribution in [1.29, 1.82) is 0 Å². The lowest BCUT2D eigenvalue weighted by Crippen LogP contribution is -2.21. The van der Waals surface area contributed by atoms with Gasteiger partial charge < -0.3 is 11.1 Å². The molecule has 2 aromatic carbocycles. The van der Waals surface area contributed by atoms with Crippen molar-refractivity contribution in [3.8, 4) is 5.69 Å². The molecule has 0 fully saturated rings. The predicted octanol–water partition coefficient (Wildman–Crippen LogP) is 5.08. The molecule has 1 aromatic heterocycles. The number of nitrogens with two attached hydrogens (primary N) is 1. The van der Waals surface area contributed by atoms with Crippen LogP contribution in [0.15, 0.2) is 59.1 Å². The fourth-order valence-corrected chi connectivity index (χ4v) is 3.29. The number of halogens is 1. The molecule has 0 aliphatic carbocycles. The molecule has 6 nitrogen and oxygen atoms in total. The molecule has 0 saturated carbocycles. The van der Waals surface area contributed by atoms with Crippen molar-refractivity contribution in [2.45, 2.75) is 32.6 Å². The molecular formula is C22H26BrN5O. The van der Waals surface area contributed by atoms with Crippen LogP contribution in [0.3, 0.4) is 0 Å². The summed E-state index contributed by atoms with van der Waals surface area (Å²) in [6, 6.07) is 17.1. The number of urea groups is 1. The number of carbonyl (C=O) groups is 1. The van der Waals surface area contributed by atoms with Gasteiger partial charge in [-0.3, -0.25) is 5.32 Å². The molecule has 1 heterocycles. The van der Waals surface area contributed by atoms with Crippen LogP contribution in [-0.2, 0) is 11.8 Å². The van der Waals surface area contributed by atoms with E-state index in [1.165, 1.54) is 0 Å². The van der Waals surface area contributed by atoms with E-state index in [-0.39, 0.29) is 11.4 Å². The van der Waals surface area contributed by atoms with Gasteiger partial charge >= 0.3 is 6.03 Å². The molecule has 0 saturated heterocycles. The molecule has 0 bridgehead atoms. The molecule has 0 spiro atoms.